The van der Waals surface area contributed by atoms with Gasteiger partial charge in [0.1, 0.15) is 0 Å². The number of likely N-dealkylation sites (N-methyl/N-ethyl adjacent to an activating group) is 1. The zero-order valence-electron chi connectivity index (χ0n) is 15.3. The van der Waals surface area contributed by atoms with Gasteiger partial charge in [0.2, 0.25) is 5.88 Å². The van der Waals surface area contributed by atoms with Crippen LogP contribution in [0, 0.1) is 0 Å². The predicted octanol–water partition coefficient (Wildman–Crippen LogP) is 2.42. The maximum Gasteiger partial charge on any atom is 0.410 e. The summed E-state index contributed by atoms with van der Waals surface area (Å²) >= 11 is 0. The lowest BCUT2D eigenvalue weighted by Gasteiger charge is -2.22. The molecule has 1 aromatic heterocycles. The van der Waals surface area contributed by atoms with Crippen LogP contribution in [-0.4, -0.2) is 66.2 Å². The standard InChI is InChI=1S/C20H21N3O4/c1-22-12-20(27-19(22)25)8-9-23(13-20)18(24)15-5-3-4-14(10-15)16-6-7-17(26-2)21-11-16/h3-7,10-11H,8-9,12-13H2,1-2H3/t20-/m0/s1. The molecule has 2 aromatic rings. The smallest absolute Gasteiger partial charge is 0.410 e. The average molecular weight is 367 g/mol. The number of benzene rings is 1. The molecule has 2 fully saturated rings. The van der Waals surface area contributed by atoms with Gasteiger partial charge in [-0.1, -0.05) is 12.1 Å². The molecule has 2 saturated heterocycles. The van der Waals surface area contributed by atoms with Crippen molar-refractivity contribution < 1.29 is 19.1 Å². The number of hydrogen-bond acceptors (Lipinski definition) is 5. The first-order valence-electron chi connectivity index (χ1n) is 8.84. The second-order valence-corrected chi connectivity index (χ2v) is 7.05. The van der Waals surface area contributed by atoms with Crippen LogP contribution < -0.4 is 4.74 Å². The van der Waals surface area contributed by atoms with Gasteiger partial charge in [-0.3, -0.25) is 4.79 Å². The summed E-state index contributed by atoms with van der Waals surface area (Å²) in [6.45, 7) is 1.53. The van der Waals surface area contributed by atoms with E-state index in [0.29, 0.717) is 37.5 Å². The molecule has 7 heteroatoms. The van der Waals surface area contributed by atoms with Crippen molar-refractivity contribution in [2.24, 2.45) is 0 Å². The number of nitrogens with zero attached hydrogens (tertiary/aromatic N) is 3. The molecule has 2 amide bonds. The molecule has 0 N–H and O–H groups in total. The van der Waals surface area contributed by atoms with Crippen molar-refractivity contribution in [3.05, 3.63) is 48.2 Å². The van der Waals surface area contributed by atoms with Crippen LogP contribution >= 0.6 is 0 Å². The Labute approximate surface area is 157 Å². The number of carbonyl (C=O) groups excluding carboxylic acids is 2. The topological polar surface area (TPSA) is 72.0 Å². The summed E-state index contributed by atoms with van der Waals surface area (Å²) in [4.78, 5) is 32.2. The van der Waals surface area contributed by atoms with Crippen LogP contribution in [0.2, 0.25) is 0 Å². The van der Waals surface area contributed by atoms with Gasteiger partial charge in [-0.05, 0) is 23.8 Å². The molecule has 7 nitrogen and oxygen atoms in total. The highest BCUT2D eigenvalue weighted by molar-refractivity contribution is 5.95. The van der Waals surface area contributed by atoms with Gasteiger partial charge in [-0.15, -0.1) is 0 Å². The molecule has 0 unspecified atom stereocenters. The summed E-state index contributed by atoms with van der Waals surface area (Å²) < 4.78 is 10.6. The van der Waals surface area contributed by atoms with E-state index in [2.05, 4.69) is 4.98 Å². The van der Waals surface area contributed by atoms with Gasteiger partial charge in [0.05, 0.1) is 20.2 Å². The summed E-state index contributed by atoms with van der Waals surface area (Å²) in [6.07, 6.45) is 2.07. The number of carbonyl (C=O) groups is 2. The Bertz CT molecular complexity index is 883. The van der Waals surface area contributed by atoms with E-state index in [0.717, 1.165) is 11.1 Å². The van der Waals surface area contributed by atoms with Crippen LogP contribution in [-0.2, 0) is 4.74 Å². The number of aromatic nitrogens is 1. The van der Waals surface area contributed by atoms with Crippen molar-refractivity contribution in [3.63, 3.8) is 0 Å². The zero-order valence-corrected chi connectivity index (χ0v) is 15.3. The average Bonchev–Trinajstić information content (AvgIpc) is 3.23. The molecule has 1 atom stereocenters. The first-order valence-corrected chi connectivity index (χ1v) is 8.84. The normalized spacial score (nSPS) is 21.6. The van der Waals surface area contributed by atoms with Gasteiger partial charge in [0.15, 0.2) is 5.60 Å². The number of pyridine rings is 1. The Morgan fingerprint density at radius 2 is 2.07 bits per heavy atom. The molecule has 0 saturated carbocycles. The first kappa shape index (κ1) is 17.3. The minimum Gasteiger partial charge on any atom is -0.481 e. The van der Waals surface area contributed by atoms with Crippen LogP contribution in [0.4, 0.5) is 4.79 Å². The third-order valence-corrected chi connectivity index (χ3v) is 5.13. The highest BCUT2D eigenvalue weighted by atomic mass is 16.6. The summed E-state index contributed by atoms with van der Waals surface area (Å²) in [5, 5.41) is 0. The first-order chi connectivity index (χ1) is 13.0. The predicted molar refractivity (Wildman–Crippen MR) is 98.6 cm³/mol. The molecule has 4 rings (SSSR count). The minimum absolute atomic E-state index is 0.0548. The SMILES string of the molecule is COc1ccc(-c2cccc(C(=O)N3CC[C@]4(CN(C)C(=O)O4)C3)c2)cn1. The Kier molecular flexibility index (Phi) is 4.22. The molecule has 140 valence electrons. The summed E-state index contributed by atoms with van der Waals surface area (Å²) in [6, 6.07) is 11.2. The molecule has 0 bridgehead atoms. The Morgan fingerprint density at radius 3 is 2.74 bits per heavy atom. The molecule has 0 aliphatic carbocycles. The summed E-state index contributed by atoms with van der Waals surface area (Å²) in [7, 11) is 3.29. The molecule has 1 aromatic carbocycles. The van der Waals surface area contributed by atoms with E-state index in [1.54, 1.807) is 42.3 Å². The van der Waals surface area contributed by atoms with Crippen LogP contribution in [0.3, 0.4) is 0 Å². The lowest BCUT2D eigenvalue weighted by Crippen LogP contribution is -2.39. The van der Waals surface area contributed by atoms with E-state index < -0.39 is 5.60 Å². The highest BCUT2D eigenvalue weighted by Crippen LogP contribution is 2.32. The largest absolute Gasteiger partial charge is 0.481 e. The molecule has 3 heterocycles. The van der Waals surface area contributed by atoms with E-state index in [9.17, 15) is 9.59 Å². The van der Waals surface area contributed by atoms with Gasteiger partial charge in [-0.2, -0.15) is 0 Å². The van der Waals surface area contributed by atoms with Crippen molar-refractivity contribution in [2.45, 2.75) is 12.0 Å². The van der Waals surface area contributed by atoms with E-state index in [4.69, 9.17) is 9.47 Å². The number of ether oxygens (including phenoxy) is 2. The van der Waals surface area contributed by atoms with Crippen molar-refractivity contribution in [2.75, 3.05) is 33.8 Å². The molecular weight excluding hydrogens is 346 g/mol. The van der Waals surface area contributed by atoms with Crippen LogP contribution in [0.1, 0.15) is 16.8 Å². The van der Waals surface area contributed by atoms with Crippen molar-refractivity contribution in [1.82, 2.24) is 14.8 Å². The van der Waals surface area contributed by atoms with Crippen molar-refractivity contribution >= 4 is 12.0 Å². The van der Waals surface area contributed by atoms with Gasteiger partial charge in [0.25, 0.3) is 5.91 Å². The fourth-order valence-corrected chi connectivity index (χ4v) is 3.71. The third kappa shape index (κ3) is 3.20. The number of methoxy groups -OCH3 is 1. The van der Waals surface area contributed by atoms with Crippen molar-refractivity contribution in [1.29, 1.82) is 0 Å². The van der Waals surface area contributed by atoms with Crippen molar-refractivity contribution in [3.8, 4) is 17.0 Å². The highest BCUT2D eigenvalue weighted by Gasteiger charge is 2.49. The Balaban J connectivity index is 1.52. The summed E-state index contributed by atoms with van der Waals surface area (Å²) in [5.41, 5.74) is 1.86. The molecule has 2 aliphatic heterocycles. The number of amides is 2. The fourth-order valence-electron chi connectivity index (χ4n) is 3.71. The van der Waals surface area contributed by atoms with Crippen LogP contribution in [0.15, 0.2) is 42.6 Å². The molecule has 1 spiro atoms. The van der Waals surface area contributed by atoms with E-state index in [1.165, 1.54) is 0 Å². The lowest BCUT2D eigenvalue weighted by molar-refractivity contribution is 0.0553. The Morgan fingerprint density at radius 1 is 1.22 bits per heavy atom. The monoisotopic (exact) mass is 367 g/mol. The van der Waals surface area contributed by atoms with E-state index >= 15 is 0 Å². The van der Waals surface area contributed by atoms with E-state index in [-0.39, 0.29) is 12.0 Å². The van der Waals surface area contributed by atoms with Gasteiger partial charge < -0.3 is 19.3 Å². The van der Waals surface area contributed by atoms with Gasteiger partial charge in [-0.25, -0.2) is 9.78 Å². The fraction of sp³-hybridized carbons (Fsp3) is 0.350. The lowest BCUT2D eigenvalue weighted by atomic mass is 10.0. The van der Waals surface area contributed by atoms with Gasteiger partial charge >= 0.3 is 6.09 Å². The molecule has 0 radical (unpaired) electrons. The maximum absolute atomic E-state index is 13.0. The second-order valence-electron chi connectivity index (χ2n) is 7.05. The quantitative estimate of drug-likeness (QED) is 0.833. The number of likely N-dealkylation sites (tertiary alicyclic amines) is 1. The molecular formula is C20H21N3O4. The van der Waals surface area contributed by atoms with Crippen LogP contribution in [0.25, 0.3) is 11.1 Å². The maximum atomic E-state index is 13.0. The zero-order chi connectivity index (χ0) is 19.0. The number of rotatable bonds is 3. The summed E-state index contributed by atoms with van der Waals surface area (Å²) in [5.74, 6) is 0.491. The molecule has 2 aliphatic rings. The van der Waals surface area contributed by atoms with Gasteiger partial charge in [0, 0.05) is 43.4 Å². The Hall–Kier alpha value is -3.09. The van der Waals surface area contributed by atoms with E-state index in [1.807, 2.05) is 24.3 Å². The number of hydrogen-bond donors (Lipinski definition) is 0. The minimum atomic E-state index is -0.570. The third-order valence-electron chi connectivity index (χ3n) is 5.13. The van der Waals surface area contributed by atoms with Crippen LogP contribution in [0.5, 0.6) is 5.88 Å². The molecule has 27 heavy (non-hydrogen) atoms. The second kappa shape index (κ2) is 6.57.